The Hall–Kier alpha value is 0.210. The van der Waals surface area contributed by atoms with Crippen LogP contribution in [0.3, 0.4) is 0 Å². The van der Waals surface area contributed by atoms with Crippen molar-refractivity contribution in [2.45, 2.75) is 26.3 Å². The van der Waals surface area contributed by atoms with Crippen LogP contribution in [0.4, 0.5) is 0 Å². The van der Waals surface area contributed by atoms with Crippen LogP contribution >= 0.6 is 11.6 Å². The number of halogens is 1. The van der Waals surface area contributed by atoms with Crippen molar-refractivity contribution in [1.29, 1.82) is 0 Å². The van der Waals surface area contributed by atoms with Crippen molar-refractivity contribution < 1.29 is 0 Å². The summed E-state index contributed by atoms with van der Waals surface area (Å²) in [6, 6.07) is 0. The molecule has 0 N–H and O–H groups in total. The predicted octanol–water partition coefficient (Wildman–Crippen LogP) is 1.64. The van der Waals surface area contributed by atoms with Gasteiger partial charge in [-0.2, -0.15) is 0 Å². The minimum atomic E-state index is 0.326. The van der Waals surface area contributed by atoms with E-state index in [0.29, 0.717) is 5.54 Å². The zero-order valence-electron chi connectivity index (χ0n) is 9.02. The minimum absolute atomic E-state index is 0.326. The molecular weight excluding hydrogens is 184 g/mol. The molecule has 0 aromatic rings. The molecular formula is C10H21ClN2. The molecule has 2 nitrogen and oxygen atoms in total. The van der Waals surface area contributed by atoms with Crippen molar-refractivity contribution >= 4 is 11.6 Å². The highest BCUT2D eigenvalue weighted by Crippen LogP contribution is 2.15. The molecule has 0 saturated carbocycles. The molecule has 0 spiro atoms. The van der Waals surface area contributed by atoms with Crippen molar-refractivity contribution in [3.63, 3.8) is 0 Å². The maximum absolute atomic E-state index is 5.71. The molecule has 0 aromatic carbocycles. The monoisotopic (exact) mass is 204 g/mol. The normalized spacial score (nSPS) is 22.2. The van der Waals surface area contributed by atoms with Crippen LogP contribution in [0, 0.1) is 0 Å². The van der Waals surface area contributed by atoms with Crippen LogP contribution in [-0.4, -0.2) is 53.9 Å². The number of alkyl halides is 1. The van der Waals surface area contributed by atoms with Crippen LogP contribution in [0.2, 0.25) is 0 Å². The maximum atomic E-state index is 5.71. The average Bonchev–Trinajstić information content (AvgIpc) is 2.04. The first-order valence-electron chi connectivity index (χ1n) is 5.07. The Kier molecular flexibility index (Phi) is 4.02. The van der Waals surface area contributed by atoms with E-state index in [0.717, 1.165) is 12.4 Å². The third kappa shape index (κ3) is 3.45. The molecule has 1 aliphatic rings. The summed E-state index contributed by atoms with van der Waals surface area (Å²) in [5.74, 6) is 0.759. The summed E-state index contributed by atoms with van der Waals surface area (Å²) in [7, 11) is 0. The second kappa shape index (κ2) is 4.63. The summed E-state index contributed by atoms with van der Waals surface area (Å²) in [5.41, 5.74) is 0.326. The minimum Gasteiger partial charge on any atom is -0.300 e. The van der Waals surface area contributed by atoms with E-state index >= 15 is 0 Å². The fourth-order valence-electron chi connectivity index (χ4n) is 1.76. The van der Waals surface area contributed by atoms with Gasteiger partial charge in [-0.25, -0.2) is 0 Å². The van der Waals surface area contributed by atoms with Gasteiger partial charge in [-0.1, -0.05) is 0 Å². The van der Waals surface area contributed by atoms with E-state index in [9.17, 15) is 0 Å². The lowest BCUT2D eigenvalue weighted by Crippen LogP contribution is -2.53. The predicted molar refractivity (Wildman–Crippen MR) is 58.5 cm³/mol. The Balaban J connectivity index is 2.30. The van der Waals surface area contributed by atoms with E-state index in [1.165, 1.54) is 26.2 Å². The molecule has 1 fully saturated rings. The van der Waals surface area contributed by atoms with Crippen LogP contribution in [-0.2, 0) is 0 Å². The molecule has 1 heterocycles. The van der Waals surface area contributed by atoms with Crippen LogP contribution in [0.1, 0.15) is 20.8 Å². The van der Waals surface area contributed by atoms with Gasteiger partial charge in [-0.05, 0) is 20.8 Å². The van der Waals surface area contributed by atoms with Gasteiger partial charge in [0.05, 0.1) is 0 Å². The number of hydrogen-bond donors (Lipinski definition) is 0. The molecule has 0 atom stereocenters. The van der Waals surface area contributed by atoms with E-state index in [4.69, 9.17) is 11.6 Å². The number of rotatable bonds is 2. The Labute approximate surface area is 86.8 Å². The highest BCUT2D eigenvalue weighted by molar-refractivity contribution is 6.18. The van der Waals surface area contributed by atoms with Crippen molar-refractivity contribution in [3.05, 3.63) is 0 Å². The van der Waals surface area contributed by atoms with Gasteiger partial charge >= 0.3 is 0 Å². The molecule has 1 rings (SSSR count). The zero-order chi connectivity index (χ0) is 9.90. The SMILES string of the molecule is CC(C)(C)N1CCN(CCCl)CC1. The molecule has 3 heteroatoms. The molecule has 0 amide bonds. The smallest absolute Gasteiger partial charge is 0.0351 e. The van der Waals surface area contributed by atoms with Crippen LogP contribution in [0.5, 0.6) is 0 Å². The van der Waals surface area contributed by atoms with Crippen molar-refractivity contribution in [2.24, 2.45) is 0 Å². The summed E-state index contributed by atoms with van der Waals surface area (Å²) >= 11 is 5.71. The zero-order valence-corrected chi connectivity index (χ0v) is 9.77. The second-order valence-corrected chi connectivity index (χ2v) is 5.07. The molecule has 1 saturated heterocycles. The second-order valence-electron chi connectivity index (χ2n) is 4.69. The molecule has 1 aliphatic heterocycles. The fourth-order valence-corrected chi connectivity index (χ4v) is 2.00. The van der Waals surface area contributed by atoms with E-state index in [1.807, 2.05) is 0 Å². The van der Waals surface area contributed by atoms with E-state index in [-0.39, 0.29) is 0 Å². The molecule has 0 unspecified atom stereocenters. The lowest BCUT2D eigenvalue weighted by atomic mass is 10.1. The molecule has 78 valence electrons. The van der Waals surface area contributed by atoms with Crippen LogP contribution < -0.4 is 0 Å². The molecule has 0 radical (unpaired) electrons. The maximum Gasteiger partial charge on any atom is 0.0351 e. The fraction of sp³-hybridized carbons (Fsp3) is 1.00. The first kappa shape index (κ1) is 11.3. The first-order valence-corrected chi connectivity index (χ1v) is 5.61. The Bertz CT molecular complexity index is 145. The average molecular weight is 205 g/mol. The van der Waals surface area contributed by atoms with Gasteiger partial charge in [0.1, 0.15) is 0 Å². The van der Waals surface area contributed by atoms with E-state index in [2.05, 4.69) is 30.6 Å². The molecule has 0 aromatic heterocycles. The summed E-state index contributed by atoms with van der Waals surface area (Å²) in [4.78, 5) is 4.98. The van der Waals surface area contributed by atoms with Crippen LogP contribution in [0.25, 0.3) is 0 Å². The standard InChI is InChI=1S/C10H21ClN2/c1-10(2,3)13-8-6-12(5-4-11)7-9-13/h4-9H2,1-3H3. The summed E-state index contributed by atoms with van der Waals surface area (Å²) in [6.07, 6.45) is 0. The number of piperazine rings is 1. The topological polar surface area (TPSA) is 6.48 Å². The van der Waals surface area contributed by atoms with Crippen molar-refractivity contribution in [1.82, 2.24) is 9.80 Å². The van der Waals surface area contributed by atoms with Gasteiger partial charge in [0, 0.05) is 44.1 Å². The largest absolute Gasteiger partial charge is 0.300 e. The molecule has 13 heavy (non-hydrogen) atoms. The first-order chi connectivity index (χ1) is 6.04. The van der Waals surface area contributed by atoms with E-state index in [1.54, 1.807) is 0 Å². The van der Waals surface area contributed by atoms with Gasteiger partial charge in [0.25, 0.3) is 0 Å². The Morgan fingerprint density at radius 3 is 2.00 bits per heavy atom. The van der Waals surface area contributed by atoms with Crippen molar-refractivity contribution in [2.75, 3.05) is 38.6 Å². The van der Waals surface area contributed by atoms with Gasteiger partial charge in [-0.15, -0.1) is 11.6 Å². The lowest BCUT2D eigenvalue weighted by Gasteiger charge is -2.42. The van der Waals surface area contributed by atoms with Gasteiger partial charge in [-0.3, -0.25) is 9.80 Å². The number of nitrogens with zero attached hydrogens (tertiary/aromatic N) is 2. The quantitative estimate of drug-likeness (QED) is 0.632. The summed E-state index contributed by atoms with van der Waals surface area (Å²) in [6.45, 7) is 12.6. The highest BCUT2D eigenvalue weighted by Gasteiger charge is 2.25. The Morgan fingerprint density at radius 1 is 1.08 bits per heavy atom. The van der Waals surface area contributed by atoms with Crippen molar-refractivity contribution in [3.8, 4) is 0 Å². The number of hydrogen-bond acceptors (Lipinski definition) is 2. The lowest BCUT2D eigenvalue weighted by molar-refractivity contribution is 0.0651. The van der Waals surface area contributed by atoms with Gasteiger partial charge in [0.2, 0.25) is 0 Å². The van der Waals surface area contributed by atoms with Gasteiger partial charge in [0.15, 0.2) is 0 Å². The summed E-state index contributed by atoms with van der Waals surface area (Å²) < 4.78 is 0. The van der Waals surface area contributed by atoms with Crippen LogP contribution in [0.15, 0.2) is 0 Å². The highest BCUT2D eigenvalue weighted by atomic mass is 35.5. The Morgan fingerprint density at radius 2 is 1.62 bits per heavy atom. The summed E-state index contributed by atoms with van der Waals surface area (Å²) in [5, 5.41) is 0. The third-order valence-corrected chi connectivity index (χ3v) is 2.89. The molecule has 0 bridgehead atoms. The van der Waals surface area contributed by atoms with Gasteiger partial charge < -0.3 is 0 Å². The molecule has 0 aliphatic carbocycles. The third-order valence-electron chi connectivity index (χ3n) is 2.72. The van der Waals surface area contributed by atoms with E-state index < -0.39 is 0 Å².